The standard InChI is InChI=1S/C15H13N5O2/c16-6-9-3-1-2-4-11(9)14-18-8-12-15(22)19-7-10(20(12)14)5-13(17)21/h1-4,8,10H,5,7H2,(H2,17,21)(H,19,22). The number of hydrogen-bond donors (Lipinski definition) is 2. The Hall–Kier alpha value is -3.14. The lowest BCUT2D eigenvalue weighted by Crippen LogP contribution is -2.40. The van der Waals surface area contributed by atoms with E-state index in [1.165, 1.54) is 6.20 Å². The highest BCUT2D eigenvalue weighted by molar-refractivity contribution is 5.94. The zero-order chi connectivity index (χ0) is 15.7. The van der Waals surface area contributed by atoms with E-state index in [0.29, 0.717) is 29.2 Å². The number of imidazole rings is 1. The number of rotatable bonds is 3. The summed E-state index contributed by atoms with van der Waals surface area (Å²) in [5.41, 5.74) is 6.74. The Morgan fingerprint density at radius 2 is 2.27 bits per heavy atom. The van der Waals surface area contributed by atoms with Crippen LogP contribution in [-0.2, 0) is 4.79 Å². The van der Waals surface area contributed by atoms with Crippen LogP contribution in [0.25, 0.3) is 11.4 Å². The number of aromatic nitrogens is 2. The van der Waals surface area contributed by atoms with Gasteiger partial charge in [0, 0.05) is 18.5 Å². The zero-order valence-corrected chi connectivity index (χ0v) is 11.6. The fraction of sp³-hybridized carbons (Fsp3) is 0.200. The van der Waals surface area contributed by atoms with E-state index in [9.17, 15) is 14.9 Å². The number of carbonyl (C=O) groups excluding carboxylic acids is 2. The number of nitrogens with two attached hydrogens (primary N) is 1. The molecule has 1 aromatic carbocycles. The number of nitrogens with one attached hydrogen (secondary N) is 1. The predicted octanol–water partition coefficient (Wildman–Crippen LogP) is 0.582. The summed E-state index contributed by atoms with van der Waals surface area (Å²) in [7, 11) is 0. The highest BCUT2D eigenvalue weighted by Crippen LogP contribution is 2.29. The van der Waals surface area contributed by atoms with Crippen molar-refractivity contribution >= 4 is 11.8 Å². The number of nitrogens with zero attached hydrogens (tertiary/aromatic N) is 3. The maximum absolute atomic E-state index is 12.0. The number of nitriles is 1. The van der Waals surface area contributed by atoms with Crippen LogP contribution in [0.3, 0.4) is 0 Å². The summed E-state index contributed by atoms with van der Waals surface area (Å²) in [6.45, 7) is 0.298. The van der Waals surface area contributed by atoms with E-state index in [2.05, 4.69) is 16.4 Å². The number of hydrogen-bond acceptors (Lipinski definition) is 4. The van der Waals surface area contributed by atoms with E-state index in [4.69, 9.17) is 5.73 Å². The first-order chi connectivity index (χ1) is 10.6. The first-order valence-corrected chi connectivity index (χ1v) is 6.75. The summed E-state index contributed by atoms with van der Waals surface area (Å²) >= 11 is 0. The van der Waals surface area contributed by atoms with Crippen LogP contribution in [0, 0.1) is 11.3 Å². The largest absolute Gasteiger partial charge is 0.370 e. The maximum atomic E-state index is 12.0. The highest BCUT2D eigenvalue weighted by Gasteiger charge is 2.30. The Morgan fingerprint density at radius 3 is 3.00 bits per heavy atom. The second-order valence-corrected chi connectivity index (χ2v) is 5.03. The molecular weight excluding hydrogens is 282 g/mol. The van der Waals surface area contributed by atoms with Crippen LogP contribution in [0.4, 0.5) is 0 Å². The van der Waals surface area contributed by atoms with Crippen molar-refractivity contribution in [3.8, 4) is 17.5 Å². The molecule has 7 nitrogen and oxygen atoms in total. The third kappa shape index (κ3) is 2.20. The van der Waals surface area contributed by atoms with Gasteiger partial charge in [0.25, 0.3) is 5.91 Å². The molecular formula is C15H13N5O2. The molecule has 3 N–H and O–H groups in total. The highest BCUT2D eigenvalue weighted by atomic mass is 16.2. The maximum Gasteiger partial charge on any atom is 0.269 e. The zero-order valence-electron chi connectivity index (χ0n) is 11.6. The van der Waals surface area contributed by atoms with Gasteiger partial charge in [0.2, 0.25) is 5.91 Å². The summed E-state index contributed by atoms with van der Waals surface area (Å²) < 4.78 is 1.69. The Balaban J connectivity index is 2.17. The SMILES string of the molecule is N#Cc1ccccc1-c1ncc2n1C(CC(N)=O)CNC2=O. The molecule has 110 valence electrons. The van der Waals surface area contributed by atoms with Crippen LogP contribution in [0.1, 0.15) is 28.5 Å². The molecule has 0 radical (unpaired) electrons. The van der Waals surface area contributed by atoms with E-state index in [0.717, 1.165) is 0 Å². The van der Waals surface area contributed by atoms with E-state index >= 15 is 0 Å². The third-order valence-electron chi connectivity index (χ3n) is 3.62. The smallest absolute Gasteiger partial charge is 0.269 e. The Kier molecular flexibility index (Phi) is 3.35. The van der Waals surface area contributed by atoms with Crippen molar-refractivity contribution < 1.29 is 9.59 Å². The summed E-state index contributed by atoms with van der Waals surface area (Å²) in [4.78, 5) is 27.5. The topological polar surface area (TPSA) is 114 Å². The van der Waals surface area contributed by atoms with Gasteiger partial charge in [-0.2, -0.15) is 5.26 Å². The Labute approximate surface area is 126 Å². The van der Waals surface area contributed by atoms with Gasteiger partial charge in [-0.25, -0.2) is 4.98 Å². The van der Waals surface area contributed by atoms with E-state index in [1.54, 1.807) is 28.8 Å². The lowest BCUT2D eigenvalue weighted by molar-refractivity contribution is -0.118. The molecule has 2 amide bonds. The molecule has 1 unspecified atom stereocenters. The van der Waals surface area contributed by atoms with Crippen molar-refractivity contribution in [2.24, 2.45) is 5.73 Å². The van der Waals surface area contributed by atoms with Gasteiger partial charge in [0.1, 0.15) is 11.5 Å². The minimum atomic E-state index is -0.458. The van der Waals surface area contributed by atoms with Crippen LogP contribution in [0.2, 0.25) is 0 Å². The van der Waals surface area contributed by atoms with Crippen LogP contribution >= 0.6 is 0 Å². The van der Waals surface area contributed by atoms with Crippen LogP contribution in [-0.4, -0.2) is 27.9 Å². The molecule has 1 aliphatic rings. The molecule has 3 rings (SSSR count). The minimum Gasteiger partial charge on any atom is -0.370 e. The molecule has 22 heavy (non-hydrogen) atoms. The third-order valence-corrected chi connectivity index (χ3v) is 3.62. The molecule has 0 saturated heterocycles. The van der Waals surface area contributed by atoms with Gasteiger partial charge in [0.15, 0.2) is 0 Å². The monoisotopic (exact) mass is 295 g/mol. The average Bonchev–Trinajstić information content (AvgIpc) is 2.95. The molecule has 2 aromatic rings. The first-order valence-electron chi connectivity index (χ1n) is 6.75. The second kappa shape index (κ2) is 5.33. The first kappa shape index (κ1) is 13.8. The van der Waals surface area contributed by atoms with Crippen molar-refractivity contribution in [3.05, 3.63) is 41.7 Å². The van der Waals surface area contributed by atoms with Gasteiger partial charge in [-0.15, -0.1) is 0 Å². The van der Waals surface area contributed by atoms with Gasteiger partial charge >= 0.3 is 0 Å². The predicted molar refractivity (Wildman–Crippen MR) is 77.6 cm³/mol. The molecule has 0 spiro atoms. The van der Waals surface area contributed by atoms with Gasteiger partial charge in [0.05, 0.1) is 23.9 Å². The van der Waals surface area contributed by atoms with Crippen molar-refractivity contribution in [2.45, 2.75) is 12.5 Å². The normalized spacial score (nSPS) is 16.5. The number of primary amides is 1. The van der Waals surface area contributed by atoms with Crippen molar-refractivity contribution in [3.63, 3.8) is 0 Å². The van der Waals surface area contributed by atoms with Gasteiger partial charge < -0.3 is 15.6 Å². The molecule has 7 heteroatoms. The quantitative estimate of drug-likeness (QED) is 0.862. The number of carbonyl (C=O) groups is 2. The Morgan fingerprint density at radius 1 is 1.50 bits per heavy atom. The molecule has 1 aliphatic heterocycles. The molecule has 0 saturated carbocycles. The second-order valence-electron chi connectivity index (χ2n) is 5.03. The Bertz CT molecular complexity index is 803. The lowest BCUT2D eigenvalue weighted by atomic mass is 10.1. The van der Waals surface area contributed by atoms with Gasteiger partial charge in [-0.05, 0) is 12.1 Å². The molecule has 2 heterocycles. The van der Waals surface area contributed by atoms with Gasteiger partial charge in [-0.1, -0.05) is 12.1 Å². The van der Waals surface area contributed by atoms with Crippen LogP contribution in [0.15, 0.2) is 30.5 Å². The fourth-order valence-corrected chi connectivity index (χ4v) is 2.66. The average molecular weight is 295 g/mol. The molecule has 0 bridgehead atoms. The van der Waals surface area contributed by atoms with E-state index in [1.807, 2.05) is 0 Å². The summed E-state index contributed by atoms with van der Waals surface area (Å²) in [5.74, 6) is -0.220. The molecule has 1 atom stereocenters. The fourth-order valence-electron chi connectivity index (χ4n) is 2.66. The van der Waals surface area contributed by atoms with Crippen molar-refractivity contribution in [1.29, 1.82) is 5.26 Å². The summed E-state index contributed by atoms with van der Waals surface area (Å²) in [6, 6.07) is 8.81. The van der Waals surface area contributed by atoms with Crippen LogP contribution in [0.5, 0.6) is 0 Å². The minimum absolute atomic E-state index is 0.0887. The summed E-state index contributed by atoms with van der Waals surface area (Å²) in [6.07, 6.45) is 1.54. The van der Waals surface area contributed by atoms with Crippen molar-refractivity contribution in [2.75, 3.05) is 6.54 Å². The lowest BCUT2D eigenvalue weighted by Gasteiger charge is -2.26. The summed E-state index contributed by atoms with van der Waals surface area (Å²) in [5, 5.41) is 12.0. The van der Waals surface area contributed by atoms with Crippen LogP contribution < -0.4 is 11.1 Å². The van der Waals surface area contributed by atoms with Gasteiger partial charge in [-0.3, -0.25) is 9.59 Å². The van der Waals surface area contributed by atoms with Crippen molar-refractivity contribution in [1.82, 2.24) is 14.9 Å². The number of fused-ring (bicyclic) bond motifs is 1. The van der Waals surface area contributed by atoms with E-state index < -0.39 is 5.91 Å². The molecule has 1 aromatic heterocycles. The van der Waals surface area contributed by atoms with E-state index in [-0.39, 0.29) is 18.4 Å². The molecule has 0 fully saturated rings. The number of amides is 2. The number of benzene rings is 1. The molecule has 0 aliphatic carbocycles.